The van der Waals surface area contributed by atoms with Gasteiger partial charge in [0.25, 0.3) is 0 Å². The van der Waals surface area contributed by atoms with E-state index in [1.807, 2.05) is 78.9 Å². The van der Waals surface area contributed by atoms with Gasteiger partial charge in [0.15, 0.2) is 0 Å². The lowest BCUT2D eigenvalue weighted by molar-refractivity contribution is 0.414. The van der Waals surface area contributed by atoms with Crippen LogP contribution in [-0.4, -0.2) is 24.3 Å². The quantitative estimate of drug-likeness (QED) is 0.617. The van der Waals surface area contributed by atoms with Crippen LogP contribution in [0.15, 0.2) is 89.1 Å². The number of nitrogens with zero attached hydrogens (tertiary/aromatic N) is 3. The number of para-hydroxylation sites is 1. The Morgan fingerprint density at radius 3 is 1.54 bits per heavy atom. The van der Waals surface area contributed by atoms with Gasteiger partial charge >= 0.3 is 0 Å². The highest BCUT2D eigenvalue weighted by Crippen LogP contribution is 2.29. The summed E-state index contributed by atoms with van der Waals surface area (Å²) in [6.45, 7) is 0. The van der Waals surface area contributed by atoms with Gasteiger partial charge < -0.3 is 9.47 Å². The molecule has 4 rings (SSSR count). The summed E-state index contributed by atoms with van der Waals surface area (Å²) in [6.07, 6.45) is 0. The van der Waals surface area contributed by atoms with Crippen molar-refractivity contribution in [3.05, 3.63) is 90.0 Å². The second-order valence-corrected chi connectivity index (χ2v) is 6.97. The highest BCUT2D eigenvalue weighted by molar-refractivity contribution is 8.27. The maximum atomic E-state index is 5.27. The van der Waals surface area contributed by atoms with Gasteiger partial charge in [0.2, 0.25) is 0 Å². The Balaban J connectivity index is 1.73. The van der Waals surface area contributed by atoms with Crippen LogP contribution in [0.2, 0.25) is 0 Å². The zero-order chi connectivity index (χ0) is 19.3. The van der Waals surface area contributed by atoms with Gasteiger partial charge in [-0.25, -0.2) is 0 Å². The summed E-state index contributed by atoms with van der Waals surface area (Å²) in [5.74, 6) is 1.63. The third-order valence-corrected chi connectivity index (χ3v) is 5.25. The first-order valence-corrected chi connectivity index (χ1v) is 9.57. The van der Waals surface area contributed by atoms with E-state index in [1.54, 1.807) is 19.3 Å². The highest BCUT2D eigenvalue weighted by atomic mass is 32.2. The van der Waals surface area contributed by atoms with E-state index in [0.717, 1.165) is 38.4 Å². The molecule has 3 aromatic rings. The predicted molar refractivity (Wildman–Crippen MR) is 116 cm³/mol. The average molecular weight is 389 g/mol. The first-order chi connectivity index (χ1) is 13.8. The zero-order valence-corrected chi connectivity index (χ0v) is 16.4. The molecule has 0 bridgehead atoms. The monoisotopic (exact) mass is 389 g/mol. The van der Waals surface area contributed by atoms with Gasteiger partial charge in [-0.3, -0.25) is 0 Å². The van der Waals surface area contributed by atoms with Crippen LogP contribution in [0.1, 0.15) is 11.1 Å². The van der Waals surface area contributed by atoms with Gasteiger partial charge in [0, 0.05) is 11.1 Å². The number of ether oxygens (including phenoxy) is 2. The van der Waals surface area contributed by atoms with E-state index in [1.165, 1.54) is 11.8 Å². The van der Waals surface area contributed by atoms with Crippen molar-refractivity contribution in [1.82, 2.24) is 0 Å². The summed E-state index contributed by atoms with van der Waals surface area (Å²) in [5.41, 5.74) is 2.92. The second kappa shape index (κ2) is 8.19. The number of rotatable bonds is 5. The molecule has 3 aromatic carbocycles. The fraction of sp³-hybridized carbons (Fsp3) is 0.0909. The van der Waals surface area contributed by atoms with Crippen molar-refractivity contribution >= 4 is 27.5 Å². The molecule has 5 nitrogen and oxygen atoms in total. The number of hydrogen-bond donors (Lipinski definition) is 0. The summed E-state index contributed by atoms with van der Waals surface area (Å²) in [4.78, 5) is 0. The Labute approximate surface area is 168 Å². The van der Waals surface area contributed by atoms with Crippen LogP contribution < -0.4 is 14.6 Å². The molecule has 1 aliphatic rings. The number of methoxy groups -OCH3 is 2. The highest BCUT2D eigenvalue weighted by Gasteiger charge is 2.20. The summed E-state index contributed by atoms with van der Waals surface area (Å²) in [7, 11) is 3.32. The maximum Gasteiger partial charge on any atom is 0.132 e. The van der Waals surface area contributed by atoms with E-state index >= 15 is 0 Å². The number of benzene rings is 3. The minimum atomic E-state index is 0.814. The first kappa shape index (κ1) is 18.1. The molecule has 0 aromatic heterocycles. The first-order valence-electron chi connectivity index (χ1n) is 8.76. The summed E-state index contributed by atoms with van der Waals surface area (Å²) in [6, 6.07) is 25.7. The van der Waals surface area contributed by atoms with E-state index in [2.05, 4.69) is 0 Å². The Kier molecular flexibility index (Phi) is 5.30. The molecule has 0 amide bonds. The van der Waals surface area contributed by atoms with Crippen LogP contribution in [0.3, 0.4) is 0 Å². The Hall–Kier alpha value is -3.25. The predicted octanol–water partition coefficient (Wildman–Crippen LogP) is 4.98. The molecular formula is C22H19N3O2S. The molecule has 0 spiro atoms. The SMILES string of the molecule is COc1ccc(C2=NN(c3ccccc3)N=C(c3ccc(OC)cc3)S2)cc1. The van der Waals surface area contributed by atoms with Crippen LogP contribution in [0.25, 0.3) is 0 Å². The summed E-state index contributed by atoms with van der Waals surface area (Å²) < 4.78 is 10.5. The number of hydrogen-bond acceptors (Lipinski definition) is 6. The van der Waals surface area contributed by atoms with Crippen LogP contribution in [0.5, 0.6) is 11.5 Å². The lowest BCUT2D eigenvalue weighted by Gasteiger charge is -2.22. The van der Waals surface area contributed by atoms with Gasteiger partial charge in [-0.2, -0.15) is 0 Å². The third kappa shape index (κ3) is 3.87. The maximum absolute atomic E-state index is 5.27. The van der Waals surface area contributed by atoms with Crippen molar-refractivity contribution in [2.45, 2.75) is 0 Å². The van der Waals surface area contributed by atoms with Crippen molar-refractivity contribution in [1.29, 1.82) is 0 Å². The molecule has 0 saturated heterocycles. The van der Waals surface area contributed by atoms with E-state index < -0.39 is 0 Å². The largest absolute Gasteiger partial charge is 0.497 e. The third-order valence-electron chi connectivity index (χ3n) is 4.23. The van der Waals surface area contributed by atoms with E-state index in [9.17, 15) is 0 Å². The molecule has 28 heavy (non-hydrogen) atoms. The lowest BCUT2D eigenvalue weighted by atomic mass is 10.2. The molecule has 1 heterocycles. The van der Waals surface area contributed by atoms with E-state index in [0.29, 0.717) is 0 Å². The van der Waals surface area contributed by atoms with Crippen molar-refractivity contribution in [3.8, 4) is 11.5 Å². The zero-order valence-electron chi connectivity index (χ0n) is 15.6. The molecule has 0 unspecified atom stereocenters. The second-order valence-electron chi connectivity index (χ2n) is 5.99. The van der Waals surface area contributed by atoms with Gasteiger partial charge in [0.05, 0.1) is 19.9 Å². The number of hydrazone groups is 2. The van der Waals surface area contributed by atoms with Gasteiger partial charge in [-0.1, -0.05) is 18.2 Å². The average Bonchev–Trinajstić information content (AvgIpc) is 2.79. The molecule has 0 N–H and O–H groups in total. The van der Waals surface area contributed by atoms with Crippen molar-refractivity contribution in [2.24, 2.45) is 10.2 Å². The molecule has 140 valence electrons. The van der Waals surface area contributed by atoms with E-state index in [4.69, 9.17) is 19.7 Å². The van der Waals surface area contributed by atoms with Crippen molar-refractivity contribution in [3.63, 3.8) is 0 Å². The number of anilines is 1. The Bertz CT molecular complexity index is 937. The van der Waals surface area contributed by atoms with Crippen LogP contribution >= 0.6 is 11.8 Å². The van der Waals surface area contributed by atoms with Crippen LogP contribution in [0.4, 0.5) is 5.69 Å². The smallest absolute Gasteiger partial charge is 0.132 e. The molecule has 0 atom stereocenters. The van der Waals surface area contributed by atoms with Gasteiger partial charge in [-0.05, 0) is 72.4 Å². The van der Waals surface area contributed by atoms with Crippen molar-refractivity contribution in [2.75, 3.05) is 19.3 Å². The molecule has 0 saturated carbocycles. The molecule has 0 radical (unpaired) electrons. The molecule has 6 heteroatoms. The molecular weight excluding hydrogens is 370 g/mol. The Morgan fingerprint density at radius 2 is 1.11 bits per heavy atom. The molecule has 1 aliphatic heterocycles. The van der Waals surface area contributed by atoms with E-state index in [-0.39, 0.29) is 0 Å². The Morgan fingerprint density at radius 1 is 0.643 bits per heavy atom. The molecule has 0 aliphatic carbocycles. The minimum absolute atomic E-state index is 0.814. The normalized spacial score (nSPS) is 13.6. The molecule has 0 fully saturated rings. The fourth-order valence-electron chi connectivity index (χ4n) is 2.70. The standard InChI is InChI=1S/C22H19N3O2S/c1-26-19-12-8-16(9-13-19)21-23-25(18-6-4-3-5-7-18)24-22(28-21)17-10-14-20(27-2)15-11-17/h3-15H,1-2H3. The summed E-state index contributed by atoms with van der Waals surface area (Å²) in [5, 5.41) is 12.9. The minimum Gasteiger partial charge on any atom is -0.497 e. The topological polar surface area (TPSA) is 46.4 Å². The fourth-order valence-corrected chi connectivity index (χ4v) is 3.63. The van der Waals surface area contributed by atoms with Gasteiger partial charge in [-0.15, -0.1) is 15.3 Å². The van der Waals surface area contributed by atoms with Crippen LogP contribution in [0, 0.1) is 0 Å². The van der Waals surface area contributed by atoms with Crippen LogP contribution in [-0.2, 0) is 0 Å². The van der Waals surface area contributed by atoms with Gasteiger partial charge in [0.1, 0.15) is 21.6 Å². The van der Waals surface area contributed by atoms with Crippen molar-refractivity contribution < 1.29 is 9.47 Å². The number of thioether (sulfide) groups is 1. The lowest BCUT2D eigenvalue weighted by Crippen LogP contribution is -2.20. The summed E-state index contributed by atoms with van der Waals surface area (Å²) >= 11 is 1.54.